The van der Waals surface area contributed by atoms with E-state index in [9.17, 15) is 14.7 Å². The van der Waals surface area contributed by atoms with E-state index in [1.165, 1.54) is 0 Å². The maximum atomic E-state index is 13.8. The smallest absolute Gasteiger partial charge is 0.337 e. The number of ketones is 1. The van der Waals surface area contributed by atoms with Crippen LogP contribution in [0.15, 0.2) is 95.3 Å². The van der Waals surface area contributed by atoms with Gasteiger partial charge in [0, 0.05) is 40.8 Å². The fourth-order valence-corrected chi connectivity index (χ4v) is 5.61. The average molecular weight is 526 g/mol. The molecule has 2 unspecified atom stereocenters. The van der Waals surface area contributed by atoms with Gasteiger partial charge in [0.05, 0.1) is 19.8 Å². The average Bonchev–Trinajstić information content (AvgIpc) is 2.95. The lowest BCUT2D eigenvalue weighted by Crippen LogP contribution is -2.36. The van der Waals surface area contributed by atoms with Gasteiger partial charge in [-0.15, -0.1) is 0 Å². The summed E-state index contributed by atoms with van der Waals surface area (Å²) in [6.45, 7) is 1.83. The van der Waals surface area contributed by atoms with E-state index in [0.717, 1.165) is 22.6 Å². The fraction of sp³-hybridized carbons (Fsp3) is 0.250. The number of carbonyl (C=O) groups is 2. The number of carbonyl (C=O) groups excluding carboxylic acids is 2. The molecule has 0 amide bonds. The van der Waals surface area contributed by atoms with Gasteiger partial charge in [0.25, 0.3) is 0 Å². The first-order chi connectivity index (χ1) is 18.9. The first-order valence-corrected chi connectivity index (χ1v) is 12.9. The van der Waals surface area contributed by atoms with Crippen molar-refractivity contribution in [3.8, 4) is 17.2 Å². The van der Waals surface area contributed by atoms with Gasteiger partial charge < -0.3 is 24.6 Å². The summed E-state index contributed by atoms with van der Waals surface area (Å²) < 4.78 is 16.7. The van der Waals surface area contributed by atoms with Gasteiger partial charge in [0.1, 0.15) is 23.9 Å². The second-order valence-corrected chi connectivity index (χ2v) is 9.74. The summed E-state index contributed by atoms with van der Waals surface area (Å²) in [4.78, 5) is 27.5. The number of ether oxygens (including phenoxy) is 3. The Morgan fingerprint density at radius 3 is 2.41 bits per heavy atom. The van der Waals surface area contributed by atoms with Crippen LogP contribution in [0.2, 0.25) is 0 Å². The number of esters is 1. The van der Waals surface area contributed by atoms with E-state index in [-0.39, 0.29) is 30.5 Å². The van der Waals surface area contributed by atoms with Crippen molar-refractivity contribution in [3.05, 3.63) is 112 Å². The Hall–Kier alpha value is -4.52. The molecule has 0 spiro atoms. The lowest BCUT2D eigenvalue weighted by molar-refractivity contribution is -0.140. The number of Topliss-reactive ketones (excluding diaryl/α,β-unsaturated/α-hetero) is 1. The zero-order chi connectivity index (χ0) is 27.5. The first kappa shape index (κ1) is 26.1. The zero-order valence-electron chi connectivity index (χ0n) is 22.2. The lowest BCUT2D eigenvalue weighted by Gasteiger charge is -2.37. The Labute approximate surface area is 227 Å². The molecule has 0 aromatic heterocycles. The van der Waals surface area contributed by atoms with Crippen molar-refractivity contribution in [2.24, 2.45) is 0 Å². The number of dihydropyridines is 1. The summed E-state index contributed by atoms with van der Waals surface area (Å²) in [5.74, 6) is 0.0784. The molecule has 3 aromatic rings. The number of hydrogen-bond donors (Lipinski definition) is 2. The van der Waals surface area contributed by atoms with Crippen LogP contribution in [0, 0.1) is 0 Å². The summed E-state index contributed by atoms with van der Waals surface area (Å²) >= 11 is 0. The highest BCUT2D eigenvalue weighted by atomic mass is 16.5. The molecular weight excluding hydrogens is 494 g/mol. The van der Waals surface area contributed by atoms with Crippen LogP contribution in [0.5, 0.6) is 17.2 Å². The second-order valence-electron chi connectivity index (χ2n) is 9.74. The number of phenolic OH excluding ortho intramolecular Hbond substituents is 1. The van der Waals surface area contributed by atoms with Crippen LogP contribution in [0.25, 0.3) is 0 Å². The minimum Gasteiger partial charge on any atom is -0.508 e. The number of methoxy groups -OCH3 is 2. The van der Waals surface area contributed by atoms with Crippen LogP contribution < -0.4 is 14.8 Å². The topological polar surface area (TPSA) is 94.1 Å². The number of aromatic hydroxyl groups is 1. The van der Waals surface area contributed by atoms with Crippen molar-refractivity contribution < 1.29 is 28.9 Å². The number of hydrogen-bond acceptors (Lipinski definition) is 7. The maximum absolute atomic E-state index is 13.8. The molecule has 7 heteroatoms. The molecule has 1 aliphatic heterocycles. The Kier molecular flexibility index (Phi) is 7.41. The van der Waals surface area contributed by atoms with E-state index in [1.807, 2.05) is 55.5 Å². The molecule has 0 fully saturated rings. The zero-order valence-corrected chi connectivity index (χ0v) is 22.2. The van der Waals surface area contributed by atoms with Gasteiger partial charge in [-0.2, -0.15) is 0 Å². The van der Waals surface area contributed by atoms with E-state index < -0.39 is 11.9 Å². The normalized spacial score (nSPS) is 18.8. The minimum absolute atomic E-state index is 0.0160. The molecular formula is C32H31NO6. The fourth-order valence-electron chi connectivity index (χ4n) is 5.61. The molecule has 2 atom stereocenters. The third kappa shape index (κ3) is 5.12. The van der Waals surface area contributed by atoms with Crippen molar-refractivity contribution in [1.82, 2.24) is 5.32 Å². The molecule has 200 valence electrons. The number of phenols is 1. The quantitative estimate of drug-likeness (QED) is 0.393. The SMILES string of the molecule is COc1ccccc1COC(=O)C1=C(C)NC2=C(C(=O)CC(c3ccccc3OC)C2)C1c1cccc(O)c1. The molecule has 1 aliphatic carbocycles. The molecule has 1 heterocycles. The van der Waals surface area contributed by atoms with Gasteiger partial charge in [-0.25, -0.2) is 4.79 Å². The van der Waals surface area contributed by atoms with E-state index >= 15 is 0 Å². The summed E-state index contributed by atoms with van der Waals surface area (Å²) in [7, 11) is 3.19. The van der Waals surface area contributed by atoms with Gasteiger partial charge in [0.15, 0.2) is 5.78 Å². The van der Waals surface area contributed by atoms with Gasteiger partial charge in [0.2, 0.25) is 0 Å². The van der Waals surface area contributed by atoms with Crippen molar-refractivity contribution >= 4 is 11.8 Å². The minimum atomic E-state index is -0.676. The highest BCUT2D eigenvalue weighted by molar-refractivity contribution is 6.04. The Morgan fingerprint density at radius 1 is 0.949 bits per heavy atom. The van der Waals surface area contributed by atoms with E-state index in [2.05, 4.69) is 5.32 Å². The standard InChI is InChI=1S/C32H31NO6/c1-19-29(32(36)39-18-21-9-4-6-13-27(21)37-2)30(20-10-8-11-23(34)15-20)31-25(33-19)16-22(17-26(31)35)24-12-5-7-14-28(24)38-3/h4-15,22,30,33-34H,16-18H2,1-3H3. The van der Waals surface area contributed by atoms with Gasteiger partial charge in [-0.1, -0.05) is 48.5 Å². The number of para-hydroxylation sites is 2. The molecule has 0 saturated heterocycles. The molecule has 39 heavy (non-hydrogen) atoms. The first-order valence-electron chi connectivity index (χ1n) is 12.9. The largest absolute Gasteiger partial charge is 0.508 e. The summed E-state index contributed by atoms with van der Waals surface area (Å²) in [5.41, 5.74) is 4.61. The Bertz CT molecular complexity index is 1490. The Balaban J connectivity index is 1.52. The lowest BCUT2D eigenvalue weighted by atomic mass is 9.71. The monoisotopic (exact) mass is 525 g/mol. The molecule has 2 aliphatic rings. The van der Waals surface area contributed by atoms with Crippen LogP contribution >= 0.6 is 0 Å². The summed E-state index contributed by atoms with van der Waals surface area (Å²) in [6, 6.07) is 21.8. The van der Waals surface area contributed by atoms with Crippen molar-refractivity contribution in [2.75, 3.05) is 14.2 Å². The predicted molar refractivity (Wildman–Crippen MR) is 146 cm³/mol. The van der Waals surface area contributed by atoms with Crippen LogP contribution in [-0.2, 0) is 20.9 Å². The third-order valence-corrected chi connectivity index (χ3v) is 7.38. The van der Waals surface area contributed by atoms with Crippen LogP contribution in [-0.4, -0.2) is 31.1 Å². The highest BCUT2D eigenvalue weighted by Crippen LogP contribution is 2.47. The summed E-state index contributed by atoms with van der Waals surface area (Å²) in [6.07, 6.45) is 0.858. The van der Waals surface area contributed by atoms with E-state index in [1.54, 1.807) is 38.5 Å². The third-order valence-electron chi connectivity index (χ3n) is 7.38. The predicted octanol–water partition coefficient (Wildman–Crippen LogP) is 5.51. The summed E-state index contributed by atoms with van der Waals surface area (Å²) in [5, 5.41) is 13.6. The number of rotatable bonds is 7. The van der Waals surface area contributed by atoms with Crippen molar-refractivity contribution in [3.63, 3.8) is 0 Å². The molecule has 7 nitrogen and oxygen atoms in total. The second kappa shape index (κ2) is 11.1. The highest BCUT2D eigenvalue weighted by Gasteiger charge is 2.42. The van der Waals surface area contributed by atoms with Crippen LogP contribution in [0.4, 0.5) is 0 Å². The molecule has 0 bridgehead atoms. The van der Waals surface area contributed by atoms with Gasteiger partial charge in [-0.3, -0.25) is 4.79 Å². The van der Waals surface area contributed by atoms with Crippen molar-refractivity contribution in [2.45, 2.75) is 38.2 Å². The molecule has 0 radical (unpaired) electrons. The number of benzene rings is 3. The van der Waals surface area contributed by atoms with Crippen LogP contribution in [0.3, 0.4) is 0 Å². The molecule has 5 rings (SSSR count). The number of allylic oxidation sites excluding steroid dienone is 3. The number of nitrogens with one attached hydrogen (secondary N) is 1. The maximum Gasteiger partial charge on any atom is 0.337 e. The van der Waals surface area contributed by atoms with Gasteiger partial charge in [-0.05, 0) is 48.7 Å². The van der Waals surface area contributed by atoms with E-state index in [4.69, 9.17) is 14.2 Å². The Morgan fingerprint density at radius 2 is 1.67 bits per heavy atom. The van der Waals surface area contributed by atoms with E-state index in [0.29, 0.717) is 34.6 Å². The molecule has 3 aromatic carbocycles. The molecule has 0 saturated carbocycles. The van der Waals surface area contributed by atoms with Crippen LogP contribution in [0.1, 0.15) is 48.3 Å². The van der Waals surface area contributed by atoms with Gasteiger partial charge >= 0.3 is 5.97 Å². The van der Waals surface area contributed by atoms with Crippen molar-refractivity contribution in [1.29, 1.82) is 0 Å². The molecule has 2 N–H and O–H groups in total.